The molecule has 0 heterocycles. The minimum atomic E-state index is -0.642. The zero-order valence-corrected chi connectivity index (χ0v) is 22.0. The van der Waals surface area contributed by atoms with Crippen molar-refractivity contribution in [3.05, 3.63) is 67.6 Å². The average molecular weight is 536 g/mol. The zero-order chi connectivity index (χ0) is 23.8. The molecule has 0 aliphatic heterocycles. The second-order valence-electron chi connectivity index (χ2n) is 7.51. The minimum absolute atomic E-state index is 0.0240. The number of hydrogen-bond donors (Lipinski definition) is 1. The van der Waals surface area contributed by atoms with E-state index in [0.717, 1.165) is 17.5 Å². The van der Waals surface area contributed by atoms with E-state index < -0.39 is 6.04 Å². The second kappa shape index (κ2) is 13.0. The molecule has 2 amide bonds. The van der Waals surface area contributed by atoms with Gasteiger partial charge in [0.2, 0.25) is 11.8 Å². The lowest BCUT2D eigenvalue weighted by atomic mass is 10.1. The number of carbonyl (C=O) groups excluding carboxylic acids is 2. The van der Waals surface area contributed by atoms with Crippen LogP contribution in [-0.2, 0) is 21.9 Å². The molecule has 2 aromatic rings. The standard InChI is InChI=1S/C23H26Cl4N2O2S/c1-4-14(2)28-23(31)15(3)29(11-16-5-7-18(24)20(26)9-16)22(30)13-32-12-17-6-8-19(25)21(27)10-17/h5-10,14-15H,4,11-13H2,1-3H3,(H,28,31)/t14-,15-/m0/s1. The lowest BCUT2D eigenvalue weighted by Gasteiger charge is -2.29. The van der Waals surface area contributed by atoms with Crippen LogP contribution in [0.3, 0.4) is 0 Å². The third-order valence-electron chi connectivity index (χ3n) is 4.98. The van der Waals surface area contributed by atoms with E-state index >= 15 is 0 Å². The van der Waals surface area contributed by atoms with E-state index in [0.29, 0.717) is 25.8 Å². The predicted molar refractivity (Wildman–Crippen MR) is 137 cm³/mol. The summed E-state index contributed by atoms with van der Waals surface area (Å²) in [6, 6.07) is 9.98. The number of nitrogens with one attached hydrogen (secondary N) is 1. The van der Waals surface area contributed by atoms with Crippen LogP contribution < -0.4 is 5.32 Å². The third kappa shape index (κ3) is 8.03. The van der Waals surface area contributed by atoms with Gasteiger partial charge in [-0.15, -0.1) is 11.8 Å². The van der Waals surface area contributed by atoms with E-state index in [9.17, 15) is 9.59 Å². The normalized spacial score (nSPS) is 12.8. The Bertz CT molecular complexity index is 958. The fraction of sp³-hybridized carbons (Fsp3) is 0.391. The number of carbonyl (C=O) groups is 2. The molecular formula is C23H26Cl4N2O2S. The van der Waals surface area contributed by atoms with Crippen molar-refractivity contribution in [1.29, 1.82) is 0 Å². The van der Waals surface area contributed by atoms with Crippen LogP contribution in [0.4, 0.5) is 0 Å². The molecule has 2 rings (SSSR count). The number of thioether (sulfide) groups is 1. The Morgan fingerprint density at radius 1 is 0.938 bits per heavy atom. The van der Waals surface area contributed by atoms with Crippen LogP contribution in [0.25, 0.3) is 0 Å². The second-order valence-corrected chi connectivity index (χ2v) is 10.1. The van der Waals surface area contributed by atoms with E-state index in [2.05, 4.69) is 5.32 Å². The van der Waals surface area contributed by atoms with Crippen LogP contribution in [0, 0.1) is 0 Å². The van der Waals surface area contributed by atoms with Crippen LogP contribution in [0.2, 0.25) is 20.1 Å². The fourth-order valence-corrected chi connectivity index (χ4v) is 4.35. The quantitative estimate of drug-likeness (QED) is 0.361. The first kappa shape index (κ1) is 27.1. The monoisotopic (exact) mass is 534 g/mol. The Balaban J connectivity index is 2.12. The van der Waals surface area contributed by atoms with Gasteiger partial charge in [-0.3, -0.25) is 9.59 Å². The van der Waals surface area contributed by atoms with Crippen molar-refractivity contribution in [1.82, 2.24) is 10.2 Å². The molecule has 32 heavy (non-hydrogen) atoms. The van der Waals surface area contributed by atoms with Crippen LogP contribution in [-0.4, -0.2) is 34.6 Å². The van der Waals surface area contributed by atoms with Gasteiger partial charge in [-0.1, -0.05) is 65.5 Å². The van der Waals surface area contributed by atoms with Crippen molar-refractivity contribution in [3.8, 4) is 0 Å². The minimum Gasteiger partial charge on any atom is -0.352 e. The van der Waals surface area contributed by atoms with Gasteiger partial charge in [-0.2, -0.15) is 0 Å². The molecule has 174 valence electrons. The Morgan fingerprint density at radius 3 is 2.06 bits per heavy atom. The van der Waals surface area contributed by atoms with Gasteiger partial charge in [0.15, 0.2) is 0 Å². The van der Waals surface area contributed by atoms with Crippen molar-refractivity contribution >= 4 is 70.0 Å². The molecule has 1 N–H and O–H groups in total. The van der Waals surface area contributed by atoms with Gasteiger partial charge < -0.3 is 10.2 Å². The van der Waals surface area contributed by atoms with Crippen molar-refractivity contribution in [3.63, 3.8) is 0 Å². The molecule has 4 nitrogen and oxygen atoms in total. The first-order chi connectivity index (χ1) is 15.1. The smallest absolute Gasteiger partial charge is 0.242 e. The van der Waals surface area contributed by atoms with Gasteiger partial charge in [-0.25, -0.2) is 0 Å². The molecular weight excluding hydrogens is 510 g/mol. The van der Waals surface area contributed by atoms with Gasteiger partial charge >= 0.3 is 0 Å². The summed E-state index contributed by atoms with van der Waals surface area (Å²) < 4.78 is 0. The van der Waals surface area contributed by atoms with Crippen LogP contribution >= 0.6 is 58.2 Å². The molecule has 2 aromatic carbocycles. The molecule has 0 radical (unpaired) electrons. The number of hydrogen-bond acceptors (Lipinski definition) is 3. The topological polar surface area (TPSA) is 49.4 Å². The highest BCUT2D eigenvalue weighted by Gasteiger charge is 2.26. The Morgan fingerprint density at radius 2 is 1.50 bits per heavy atom. The van der Waals surface area contributed by atoms with Gasteiger partial charge in [0.25, 0.3) is 0 Å². The fourth-order valence-electron chi connectivity index (χ4n) is 2.85. The van der Waals surface area contributed by atoms with Crippen molar-refractivity contribution in [2.45, 2.75) is 51.6 Å². The molecule has 9 heteroatoms. The van der Waals surface area contributed by atoms with Crippen molar-refractivity contribution < 1.29 is 9.59 Å². The van der Waals surface area contributed by atoms with Gasteiger partial charge in [0, 0.05) is 18.3 Å². The number of rotatable bonds is 10. The molecule has 0 aliphatic rings. The first-order valence-electron chi connectivity index (χ1n) is 10.2. The summed E-state index contributed by atoms with van der Waals surface area (Å²) in [6.45, 7) is 5.91. The van der Waals surface area contributed by atoms with Gasteiger partial charge in [0.05, 0.1) is 25.8 Å². The lowest BCUT2D eigenvalue weighted by molar-refractivity contribution is -0.138. The highest BCUT2D eigenvalue weighted by Crippen LogP contribution is 2.26. The summed E-state index contributed by atoms with van der Waals surface area (Å²) >= 11 is 25.6. The highest BCUT2D eigenvalue weighted by atomic mass is 35.5. The molecule has 0 saturated carbocycles. The van der Waals surface area contributed by atoms with Crippen molar-refractivity contribution in [2.24, 2.45) is 0 Å². The number of benzene rings is 2. The predicted octanol–water partition coefficient (Wildman–Crippen LogP) is 6.87. The zero-order valence-electron chi connectivity index (χ0n) is 18.1. The summed E-state index contributed by atoms with van der Waals surface area (Å²) in [7, 11) is 0. The maximum atomic E-state index is 13.1. The SMILES string of the molecule is CC[C@H](C)NC(=O)[C@H](C)N(Cc1ccc(Cl)c(Cl)c1)C(=O)CSCc1ccc(Cl)c(Cl)c1. The number of nitrogens with zero attached hydrogens (tertiary/aromatic N) is 1. The van der Waals surface area contributed by atoms with Crippen LogP contribution in [0.15, 0.2) is 36.4 Å². The molecule has 0 fully saturated rings. The summed E-state index contributed by atoms with van der Waals surface area (Å²) in [5, 5.41) is 4.76. The van der Waals surface area contributed by atoms with E-state index in [4.69, 9.17) is 46.4 Å². The Kier molecular flexibility index (Phi) is 11.0. The van der Waals surface area contributed by atoms with Gasteiger partial charge in [0.1, 0.15) is 6.04 Å². The molecule has 0 unspecified atom stereocenters. The molecule has 0 aliphatic carbocycles. The van der Waals surface area contributed by atoms with Crippen LogP contribution in [0.5, 0.6) is 0 Å². The summed E-state index contributed by atoms with van der Waals surface area (Å²) in [5.74, 6) is 0.467. The maximum Gasteiger partial charge on any atom is 0.242 e. The summed E-state index contributed by atoms with van der Waals surface area (Å²) in [6.07, 6.45) is 0.804. The number of halogens is 4. The summed E-state index contributed by atoms with van der Waals surface area (Å²) in [4.78, 5) is 27.4. The van der Waals surface area contributed by atoms with Gasteiger partial charge in [-0.05, 0) is 55.7 Å². The molecule has 0 bridgehead atoms. The Hall–Kier alpha value is -1.11. The maximum absolute atomic E-state index is 13.1. The van der Waals surface area contributed by atoms with Crippen LogP contribution in [0.1, 0.15) is 38.3 Å². The van der Waals surface area contributed by atoms with E-state index in [-0.39, 0.29) is 30.2 Å². The molecule has 0 aromatic heterocycles. The summed E-state index contributed by atoms with van der Waals surface area (Å²) in [5.41, 5.74) is 1.77. The highest BCUT2D eigenvalue weighted by molar-refractivity contribution is 7.99. The molecule has 0 saturated heterocycles. The molecule has 2 atom stereocenters. The first-order valence-corrected chi connectivity index (χ1v) is 12.8. The number of amides is 2. The third-order valence-corrected chi connectivity index (χ3v) is 7.45. The van der Waals surface area contributed by atoms with Crippen molar-refractivity contribution in [2.75, 3.05) is 5.75 Å². The molecule has 0 spiro atoms. The van der Waals surface area contributed by atoms with E-state index in [1.165, 1.54) is 11.8 Å². The van der Waals surface area contributed by atoms with E-state index in [1.807, 2.05) is 19.9 Å². The lowest BCUT2D eigenvalue weighted by Crippen LogP contribution is -2.50. The largest absolute Gasteiger partial charge is 0.352 e. The Labute approximate surface area is 213 Å². The average Bonchev–Trinajstić information content (AvgIpc) is 2.76. The van der Waals surface area contributed by atoms with E-state index in [1.54, 1.807) is 42.2 Å².